The topological polar surface area (TPSA) is 77.2 Å². The monoisotopic (exact) mass is 325 g/mol. The number of anilines is 1. The average Bonchev–Trinajstić information content (AvgIpc) is 2.83. The van der Waals surface area contributed by atoms with Gasteiger partial charge in [0.1, 0.15) is 11.2 Å². The molecule has 0 spiro atoms. The Kier molecular flexibility index (Phi) is 4.28. The number of hydrogen-bond donors (Lipinski definition) is 1. The van der Waals surface area contributed by atoms with Crippen LogP contribution in [-0.4, -0.2) is 23.2 Å². The number of nitrogens with zero attached hydrogens (tertiary/aromatic N) is 2. The van der Waals surface area contributed by atoms with Crippen molar-refractivity contribution in [3.05, 3.63) is 40.0 Å². The first-order chi connectivity index (χ1) is 9.10. The number of halogens is 1. The molecule has 2 rings (SSSR count). The molecule has 0 aliphatic carbocycles. The Morgan fingerprint density at radius 3 is 3.00 bits per heavy atom. The van der Waals surface area contributed by atoms with Gasteiger partial charge in [-0.25, -0.2) is 4.98 Å². The molecule has 0 bridgehead atoms. The largest absolute Gasteiger partial charge is 0.377 e. The maximum absolute atomic E-state index is 11.9. The average molecular weight is 326 g/mol. The maximum atomic E-state index is 11.9. The van der Waals surface area contributed by atoms with Crippen LogP contribution in [0.1, 0.15) is 21.8 Å². The first-order valence-corrected chi connectivity index (χ1v) is 6.27. The van der Waals surface area contributed by atoms with Crippen molar-refractivity contribution in [3.63, 3.8) is 0 Å². The summed E-state index contributed by atoms with van der Waals surface area (Å²) < 4.78 is 10.6. The molecule has 0 unspecified atom stereocenters. The lowest BCUT2D eigenvalue weighted by Crippen LogP contribution is -2.12. The van der Waals surface area contributed by atoms with Crippen LogP contribution < -0.4 is 5.32 Å². The molecule has 6 nitrogen and oxygen atoms in total. The van der Waals surface area contributed by atoms with Crippen LogP contribution in [0.2, 0.25) is 0 Å². The number of rotatable bonds is 4. The van der Waals surface area contributed by atoms with E-state index in [1.165, 1.54) is 6.07 Å². The molecule has 0 fully saturated rings. The molecule has 0 aliphatic heterocycles. The fraction of sp³-hybridized carbons (Fsp3) is 0.250. The number of aryl methyl sites for hydroxylation is 1. The van der Waals surface area contributed by atoms with Crippen molar-refractivity contribution in [2.24, 2.45) is 0 Å². The summed E-state index contributed by atoms with van der Waals surface area (Å²) in [5.74, 6) is 0.146. The van der Waals surface area contributed by atoms with E-state index in [-0.39, 0.29) is 18.2 Å². The Balaban J connectivity index is 2.09. The highest BCUT2D eigenvalue weighted by molar-refractivity contribution is 9.10. The van der Waals surface area contributed by atoms with Gasteiger partial charge >= 0.3 is 0 Å². The van der Waals surface area contributed by atoms with Crippen LogP contribution in [0.5, 0.6) is 0 Å². The second-order valence-corrected chi connectivity index (χ2v) is 4.65. The van der Waals surface area contributed by atoms with Crippen LogP contribution in [0.25, 0.3) is 0 Å². The Hall–Kier alpha value is -1.73. The van der Waals surface area contributed by atoms with E-state index in [0.717, 1.165) is 10.2 Å². The van der Waals surface area contributed by atoms with E-state index >= 15 is 0 Å². The van der Waals surface area contributed by atoms with Crippen molar-refractivity contribution in [2.45, 2.75) is 13.5 Å². The van der Waals surface area contributed by atoms with Gasteiger partial charge in [-0.1, -0.05) is 5.16 Å². The number of aromatic nitrogens is 2. The Morgan fingerprint density at radius 2 is 2.32 bits per heavy atom. The molecule has 1 amide bonds. The van der Waals surface area contributed by atoms with E-state index in [2.05, 4.69) is 31.4 Å². The molecule has 19 heavy (non-hydrogen) atoms. The lowest BCUT2D eigenvalue weighted by molar-refractivity contribution is 0.101. The highest BCUT2D eigenvalue weighted by Crippen LogP contribution is 2.17. The molecule has 0 atom stereocenters. The summed E-state index contributed by atoms with van der Waals surface area (Å²) in [5, 5.41) is 6.37. The number of nitrogens with one attached hydrogen (secondary N) is 1. The molecule has 2 heterocycles. The van der Waals surface area contributed by atoms with Crippen LogP contribution in [-0.2, 0) is 11.3 Å². The normalized spacial score (nSPS) is 10.5. The van der Waals surface area contributed by atoms with Gasteiger partial charge in [0.25, 0.3) is 5.91 Å². The molecular weight excluding hydrogens is 314 g/mol. The van der Waals surface area contributed by atoms with Crippen LogP contribution in [0.15, 0.2) is 27.5 Å². The van der Waals surface area contributed by atoms with Crippen LogP contribution in [0, 0.1) is 6.92 Å². The van der Waals surface area contributed by atoms with Gasteiger partial charge in [0, 0.05) is 13.2 Å². The minimum Gasteiger partial charge on any atom is -0.377 e. The van der Waals surface area contributed by atoms with E-state index in [1.54, 1.807) is 13.3 Å². The highest BCUT2D eigenvalue weighted by Gasteiger charge is 2.13. The summed E-state index contributed by atoms with van der Waals surface area (Å²) in [7, 11) is 1.54. The van der Waals surface area contributed by atoms with Crippen LogP contribution in [0.3, 0.4) is 0 Å². The van der Waals surface area contributed by atoms with Crippen molar-refractivity contribution in [3.8, 4) is 0 Å². The summed E-state index contributed by atoms with van der Waals surface area (Å²) in [6.45, 7) is 2.17. The van der Waals surface area contributed by atoms with E-state index in [4.69, 9.17) is 9.26 Å². The van der Waals surface area contributed by atoms with Crippen molar-refractivity contribution >= 4 is 27.5 Å². The van der Waals surface area contributed by atoms with E-state index < -0.39 is 0 Å². The maximum Gasteiger partial charge on any atom is 0.277 e. The number of carbonyl (C=O) groups is 1. The molecule has 2 aromatic rings. The third kappa shape index (κ3) is 3.39. The number of pyridine rings is 1. The van der Waals surface area contributed by atoms with E-state index in [1.807, 2.05) is 13.0 Å². The summed E-state index contributed by atoms with van der Waals surface area (Å²) >= 11 is 3.30. The predicted molar refractivity (Wildman–Crippen MR) is 71.8 cm³/mol. The van der Waals surface area contributed by atoms with Gasteiger partial charge in [0.05, 0.1) is 11.9 Å². The van der Waals surface area contributed by atoms with E-state index in [0.29, 0.717) is 11.4 Å². The smallest absolute Gasteiger partial charge is 0.277 e. The van der Waals surface area contributed by atoms with E-state index in [9.17, 15) is 4.79 Å². The standard InChI is InChI=1S/C12H12BrN3O3/c1-7-3-8(5-14-11(7)13)15-12(17)10-4-9(6-18-2)19-16-10/h3-5H,6H2,1-2H3,(H,15,17). The van der Waals surface area contributed by atoms with Gasteiger partial charge < -0.3 is 14.6 Å². The Bertz CT molecular complexity index is 598. The summed E-state index contributed by atoms with van der Waals surface area (Å²) in [6, 6.07) is 3.35. The fourth-order valence-electron chi connectivity index (χ4n) is 1.45. The van der Waals surface area contributed by atoms with Crippen molar-refractivity contribution < 1.29 is 14.1 Å². The summed E-state index contributed by atoms with van der Waals surface area (Å²) in [6.07, 6.45) is 1.56. The predicted octanol–water partition coefficient (Wildman–Crippen LogP) is 2.54. The zero-order valence-corrected chi connectivity index (χ0v) is 12.0. The fourth-order valence-corrected chi connectivity index (χ4v) is 1.67. The number of ether oxygens (including phenoxy) is 1. The van der Waals surface area contributed by atoms with Crippen LogP contribution >= 0.6 is 15.9 Å². The molecule has 0 radical (unpaired) electrons. The summed E-state index contributed by atoms with van der Waals surface area (Å²) in [4.78, 5) is 16.0. The van der Waals surface area contributed by atoms with Gasteiger partial charge in [-0.3, -0.25) is 4.79 Å². The van der Waals surface area contributed by atoms with Gasteiger partial charge in [0.15, 0.2) is 11.5 Å². The van der Waals surface area contributed by atoms with Crippen LogP contribution in [0.4, 0.5) is 5.69 Å². The first-order valence-electron chi connectivity index (χ1n) is 5.48. The molecule has 1 N–H and O–H groups in total. The minimum absolute atomic E-state index is 0.202. The second-order valence-electron chi connectivity index (χ2n) is 3.90. The summed E-state index contributed by atoms with van der Waals surface area (Å²) in [5.41, 5.74) is 1.73. The molecule has 0 saturated heterocycles. The van der Waals surface area contributed by atoms with Gasteiger partial charge in [-0.05, 0) is 34.5 Å². The SMILES string of the molecule is COCc1cc(C(=O)Nc2cnc(Br)c(C)c2)no1. The number of hydrogen-bond acceptors (Lipinski definition) is 5. The first kappa shape index (κ1) is 13.7. The third-order valence-corrected chi connectivity index (χ3v) is 3.18. The zero-order chi connectivity index (χ0) is 13.8. The van der Waals surface area contributed by atoms with Gasteiger partial charge in [0.2, 0.25) is 0 Å². The quantitative estimate of drug-likeness (QED) is 0.874. The molecule has 7 heteroatoms. The molecule has 2 aromatic heterocycles. The number of amides is 1. The molecule has 0 saturated carbocycles. The van der Waals surface area contributed by atoms with Crippen molar-refractivity contribution in [2.75, 3.05) is 12.4 Å². The zero-order valence-electron chi connectivity index (χ0n) is 10.4. The lowest BCUT2D eigenvalue weighted by Gasteiger charge is -2.04. The Morgan fingerprint density at radius 1 is 1.53 bits per heavy atom. The molecule has 0 aliphatic rings. The van der Waals surface area contributed by atoms with Crippen molar-refractivity contribution in [1.82, 2.24) is 10.1 Å². The highest BCUT2D eigenvalue weighted by atomic mass is 79.9. The molecular formula is C12H12BrN3O3. The van der Waals surface area contributed by atoms with Gasteiger partial charge in [-0.15, -0.1) is 0 Å². The third-order valence-electron chi connectivity index (χ3n) is 2.35. The van der Waals surface area contributed by atoms with Gasteiger partial charge in [-0.2, -0.15) is 0 Å². The number of carbonyl (C=O) groups excluding carboxylic acids is 1. The van der Waals surface area contributed by atoms with Crippen molar-refractivity contribution in [1.29, 1.82) is 0 Å². The Labute approximate surface area is 118 Å². The second kappa shape index (κ2) is 5.94. The minimum atomic E-state index is -0.352. The lowest BCUT2D eigenvalue weighted by atomic mass is 10.3. The number of methoxy groups -OCH3 is 1. The molecule has 100 valence electrons. The molecule has 0 aromatic carbocycles.